The SMILES string of the molecule is COC(=O)c1cc(F)cc(C(=O)N2CCC(CCNC3C4CC[C@H]3CC(n3c(C)nc5ccccc53)C4)(c3ccccc3)CC2)c1. The van der Waals surface area contributed by atoms with Gasteiger partial charge in [-0.2, -0.15) is 0 Å². The second-order valence-electron chi connectivity index (χ2n) is 13.6. The zero-order valence-corrected chi connectivity index (χ0v) is 26.8. The second kappa shape index (κ2) is 12.6. The van der Waals surface area contributed by atoms with Gasteiger partial charge in [-0.1, -0.05) is 42.5 Å². The van der Waals surface area contributed by atoms with Crippen LogP contribution in [0.5, 0.6) is 0 Å². The van der Waals surface area contributed by atoms with Gasteiger partial charge in [0.1, 0.15) is 11.6 Å². The molecule has 2 bridgehead atoms. The van der Waals surface area contributed by atoms with E-state index in [2.05, 4.69) is 71.4 Å². The zero-order valence-electron chi connectivity index (χ0n) is 26.8. The molecule has 3 aromatic carbocycles. The van der Waals surface area contributed by atoms with Gasteiger partial charge in [0, 0.05) is 30.7 Å². The number of carbonyl (C=O) groups excluding carboxylic acids is 2. The van der Waals surface area contributed by atoms with Gasteiger partial charge in [0.05, 0.1) is 23.7 Å². The average molecular weight is 623 g/mol. The summed E-state index contributed by atoms with van der Waals surface area (Å²) >= 11 is 0. The molecular weight excluding hydrogens is 579 g/mol. The summed E-state index contributed by atoms with van der Waals surface area (Å²) in [6.07, 6.45) is 7.59. The molecular formula is C38H43FN4O3. The number of ether oxygens (including phenoxy) is 1. The van der Waals surface area contributed by atoms with Crippen molar-refractivity contribution in [3.63, 3.8) is 0 Å². The Morgan fingerprint density at radius 2 is 1.63 bits per heavy atom. The maximum atomic E-state index is 14.3. The minimum Gasteiger partial charge on any atom is -0.465 e. The molecule has 1 aliphatic heterocycles. The van der Waals surface area contributed by atoms with Crippen molar-refractivity contribution in [2.24, 2.45) is 11.8 Å². The maximum Gasteiger partial charge on any atom is 0.337 e. The fraction of sp³-hybridized carbons (Fsp3) is 0.447. The molecule has 7 nitrogen and oxygen atoms in total. The van der Waals surface area contributed by atoms with Crippen molar-refractivity contribution in [2.75, 3.05) is 26.7 Å². The van der Waals surface area contributed by atoms with Crippen LogP contribution in [0.4, 0.5) is 4.39 Å². The van der Waals surface area contributed by atoms with Gasteiger partial charge in [0.2, 0.25) is 0 Å². The van der Waals surface area contributed by atoms with Crippen LogP contribution >= 0.6 is 0 Å². The van der Waals surface area contributed by atoms with Gasteiger partial charge in [-0.05, 0) is 112 Å². The quantitative estimate of drug-likeness (QED) is 0.218. The Labute approximate surface area is 270 Å². The van der Waals surface area contributed by atoms with Gasteiger partial charge in [-0.25, -0.2) is 14.2 Å². The standard InChI is InChI=1S/C38H43FN4O3/c1-25-41-33-10-6-7-11-34(33)43(25)32-23-26-12-13-27(24-32)35(26)40-17-14-38(30-8-4-3-5-9-30)15-18-42(19-16-38)36(44)28-20-29(37(45)46-2)22-31(39)21-28/h3-11,20-22,26-27,32,35,40H,12-19,23-24H2,1-2H3/t26-,27?,32?,35?/m0/s1. The number of methoxy groups -OCH3 is 1. The number of likely N-dealkylation sites (tertiary alicyclic amines) is 1. The molecule has 2 saturated carbocycles. The van der Waals surface area contributed by atoms with E-state index in [9.17, 15) is 14.0 Å². The van der Waals surface area contributed by atoms with Gasteiger partial charge in [0.15, 0.2) is 0 Å². The van der Waals surface area contributed by atoms with Crippen LogP contribution in [0.2, 0.25) is 0 Å². The highest BCUT2D eigenvalue weighted by Crippen LogP contribution is 2.48. The number of esters is 1. The first-order valence-electron chi connectivity index (χ1n) is 16.8. The molecule has 1 saturated heterocycles. The number of para-hydroxylation sites is 2. The first-order chi connectivity index (χ1) is 22.3. The number of fused-ring (bicyclic) bond motifs is 3. The maximum absolute atomic E-state index is 14.3. The molecule has 1 N–H and O–H groups in total. The number of aromatic nitrogens is 2. The van der Waals surface area contributed by atoms with Crippen LogP contribution in [0.25, 0.3) is 11.0 Å². The smallest absolute Gasteiger partial charge is 0.337 e. The average Bonchev–Trinajstić information content (AvgIpc) is 3.54. The Bertz CT molecular complexity index is 1710. The number of amides is 1. The van der Waals surface area contributed by atoms with E-state index in [-0.39, 0.29) is 22.4 Å². The topological polar surface area (TPSA) is 76.5 Å². The Morgan fingerprint density at radius 3 is 2.35 bits per heavy atom. The number of carbonyl (C=O) groups is 2. The van der Waals surface area contributed by atoms with Crippen LogP contribution in [-0.2, 0) is 10.2 Å². The lowest BCUT2D eigenvalue weighted by Gasteiger charge is -2.43. The van der Waals surface area contributed by atoms with E-state index in [0.717, 1.165) is 43.2 Å². The first kappa shape index (κ1) is 30.6. The van der Waals surface area contributed by atoms with Crippen molar-refractivity contribution < 1.29 is 18.7 Å². The molecule has 2 aliphatic carbocycles. The van der Waals surface area contributed by atoms with E-state index < -0.39 is 11.8 Å². The summed E-state index contributed by atoms with van der Waals surface area (Å²) in [4.78, 5) is 32.1. The fourth-order valence-corrected chi connectivity index (χ4v) is 8.89. The summed E-state index contributed by atoms with van der Waals surface area (Å²) in [5.74, 6) is 0.918. The Hall–Kier alpha value is -4.04. The lowest BCUT2D eigenvalue weighted by Crippen LogP contribution is -2.48. The highest BCUT2D eigenvalue weighted by Gasteiger charge is 2.44. The molecule has 1 amide bonds. The number of rotatable bonds is 8. The van der Waals surface area contributed by atoms with E-state index in [4.69, 9.17) is 9.72 Å². The highest BCUT2D eigenvalue weighted by atomic mass is 19.1. The van der Waals surface area contributed by atoms with Crippen LogP contribution in [-0.4, -0.2) is 59.1 Å². The number of halogens is 1. The molecule has 4 aromatic rings. The molecule has 3 aliphatic rings. The molecule has 7 rings (SSSR count). The highest BCUT2D eigenvalue weighted by molar-refractivity contribution is 5.98. The number of nitrogens with zero attached hydrogens (tertiary/aromatic N) is 3. The van der Waals surface area contributed by atoms with Crippen LogP contribution in [0.15, 0.2) is 72.8 Å². The van der Waals surface area contributed by atoms with E-state index in [1.54, 1.807) is 4.90 Å². The largest absolute Gasteiger partial charge is 0.465 e. The summed E-state index contributed by atoms with van der Waals surface area (Å²) in [6.45, 7) is 4.23. The summed E-state index contributed by atoms with van der Waals surface area (Å²) in [5, 5.41) is 4.04. The monoisotopic (exact) mass is 622 g/mol. The molecule has 240 valence electrons. The number of piperidine rings is 1. The summed E-state index contributed by atoms with van der Waals surface area (Å²) in [7, 11) is 1.25. The number of nitrogens with one attached hydrogen (secondary N) is 1. The minimum absolute atomic E-state index is 0.0454. The van der Waals surface area contributed by atoms with Crippen molar-refractivity contribution in [3.05, 3.63) is 101 Å². The normalized spacial score (nSPS) is 23.8. The third-order valence-corrected chi connectivity index (χ3v) is 11.2. The lowest BCUT2D eigenvalue weighted by atomic mass is 9.70. The summed E-state index contributed by atoms with van der Waals surface area (Å²) in [6, 6.07) is 24.0. The minimum atomic E-state index is -0.657. The lowest BCUT2D eigenvalue weighted by molar-refractivity contribution is 0.0600. The molecule has 3 unspecified atom stereocenters. The molecule has 46 heavy (non-hydrogen) atoms. The Morgan fingerprint density at radius 1 is 0.957 bits per heavy atom. The molecule has 3 fully saturated rings. The zero-order chi connectivity index (χ0) is 31.8. The van der Waals surface area contributed by atoms with Gasteiger partial charge in [-0.3, -0.25) is 4.79 Å². The van der Waals surface area contributed by atoms with Crippen LogP contribution in [0.1, 0.15) is 83.1 Å². The van der Waals surface area contributed by atoms with Gasteiger partial charge in [0.25, 0.3) is 5.91 Å². The van der Waals surface area contributed by atoms with Crippen LogP contribution in [0, 0.1) is 24.6 Å². The molecule has 0 radical (unpaired) electrons. The predicted octanol–water partition coefficient (Wildman–Crippen LogP) is 6.85. The summed E-state index contributed by atoms with van der Waals surface area (Å²) < 4.78 is 21.6. The van der Waals surface area contributed by atoms with Crippen LogP contribution < -0.4 is 5.32 Å². The Kier molecular flexibility index (Phi) is 8.40. The number of benzene rings is 3. The van der Waals surface area contributed by atoms with E-state index in [1.807, 2.05) is 0 Å². The summed E-state index contributed by atoms with van der Waals surface area (Å²) in [5.41, 5.74) is 3.84. The molecule has 2 heterocycles. The number of imidazole rings is 1. The van der Waals surface area contributed by atoms with Crippen molar-refractivity contribution in [1.29, 1.82) is 0 Å². The van der Waals surface area contributed by atoms with Crippen molar-refractivity contribution in [3.8, 4) is 0 Å². The number of hydrogen-bond donors (Lipinski definition) is 1. The fourth-order valence-electron chi connectivity index (χ4n) is 8.89. The molecule has 4 atom stereocenters. The van der Waals surface area contributed by atoms with Gasteiger partial charge in [-0.15, -0.1) is 0 Å². The third kappa shape index (κ3) is 5.72. The number of hydrogen-bond acceptors (Lipinski definition) is 5. The van der Waals surface area contributed by atoms with Gasteiger partial charge >= 0.3 is 5.97 Å². The van der Waals surface area contributed by atoms with E-state index in [1.165, 1.54) is 56.0 Å². The Balaban J connectivity index is 1.02. The third-order valence-electron chi connectivity index (χ3n) is 11.2. The molecule has 1 aromatic heterocycles. The molecule has 0 spiro atoms. The molecule has 8 heteroatoms. The van der Waals surface area contributed by atoms with E-state index >= 15 is 0 Å². The van der Waals surface area contributed by atoms with Crippen molar-refractivity contribution >= 4 is 22.9 Å². The first-order valence-corrected chi connectivity index (χ1v) is 16.8. The van der Waals surface area contributed by atoms with Crippen molar-refractivity contribution in [2.45, 2.75) is 69.4 Å². The van der Waals surface area contributed by atoms with Gasteiger partial charge < -0.3 is 19.5 Å². The second-order valence-corrected chi connectivity index (χ2v) is 13.6. The number of aryl methyl sites for hydroxylation is 1. The van der Waals surface area contributed by atoms with Crippen molar-refractivity contribution in [1.82, 2.24) is 19.8 Å². The predicted molar refractivity (Wildman–Crippen MR) is 176 cm³/mol. The van der Waals surface area contributed by atoms with E-state index in [0.29, 0.717) is 37.0 Å². The van der Waals surface area contributed by atoms with Crippen LogP contribution in [0.3, 0.4) is 0 Å².